The number of carbonyl (C=O) groups is 1. The van der Waals surface area contributed by atoms with Crippen molar-refractivity contribution in [3.05, 3.63) is 107 Å². The maximum atomic E-state index is 11.9. The van der Waals surface area contributed by atoms with Gasteiger partial charge in [0.2, 0.25) is 24.3 Å². The first-order chi connectivity index (χ1) is 24.0. The second-order valence-corrected chi connectivity index (χ2v) is 13.8. The Morgan fingerprint density at radius 3 is 2.18 bits per heavy atom. The molecule has 1 fully saturated rings. The van der Waals surface area contributed by atoms with Gasteiger partial charge in [-0.25, -0.2) is 9.19 Å². The molecule has 1 saturated carbocycles. The van der Waals surface area contributed by atoms with Gasteiger partial charge in [0, 0.05) is 36.9 Å². The fraction of sp³-hybridized carbons (Fsp3) is 0.306. The minimum atomic E-state index is -1.34. The number of benzene rings is 3. The number of carbonyl (C=O) groups excluding carboxylic acids is 1. The lowest BCUT2D eigenvalue weighted by Crippen LogP contribution is -2.19. The van der Waals surface area contributed by atoms with Gasteiger partial charge in [-0.2, -0.15) is 15.0 Å². The number of rotatable bonds is 14. The quantitative estimate of drug-likeness (QED) is 0.0743. The monoisotopic (exact) mass is 697 g/mol. The van der Waals surface area contributed by atoms with Gasteiger partial charge in [-0.05, 0) is 79.1 Å². The largest absolute Gasteiger partial charge is 0.354 e. The van der Waals surface area contributed by atoms with Crippen molar-refractivity contribution in [2.75, 3.05) is 32.5 Å². The molecule has 2 aromatic heterocycles. The molecule has 13 heteroatoms. The van der Waals surface area contributed by atoms with Gasteiger partial charge >= 0.3 is 0 Å². The molecule has 0 spiro atoms. The van der Waals surface area contributed by atoms with Crippen LogP contribution in [0.15, 0.2) is 89.3 Å². The lowest BCUT2D eigenvalue weighted by Gasteiger charge is -2.22. The summed E-state index contributed by atoms with van der Waals surface area (Å²) < 4.78 is 14.6. The van der Waals surface area contributed by atoms with E-state index in [1.807, 2.05) is 18.2 Å². The number of anilines is 5. The van der Waals surface area contributed by atoms with Crippen LogP contribution in [0.1, 0.15) is 54.4 Å². The lowest BCUT2D eigenvalue weighted by molar-refractivity contribution is -0.105. The molecule has 3 aromatic carbocycles. The lowest BCUT2D eigenvalue weighted by atomic mass is 9.89. The van der Waals surface area contributed by atoms with E-state index in [2.05, 4.69) is 90.1 Å². The minimum absolute atomic E-state index is 0.582. The van der Waals surface area contributed by atoms with E-state index in [-0.39, 0.29) is 0 Å². The van der Waals surface area contributed by atoms with Crippen LogP contribution in [-0.2, 0) is 28.9 Å². The van der Waals surface area contributed by atoms with E-state index in [4.69, 9.17) is 0 Å². The molecule has 49 heavy (non-hydrogen) atoms. The molecule has 5 N–H and O–H groups in total. The van der Waals surface area contributed by atoms with Crippen molar-refractivity contribution in [2.45, 2.75) is 63.9 Å². The van der Waals surface area contributed by atoms with Crippen molar-refractivity contribution >= 4 is 57.4 Å². The van der Waals surface area contributed by atoms with Crippen LogP contribution in [0, 0.1) is 19.8 Å². The highest BCUT2D eigenvalue weighted by Crippen LogP contribution is 2.24. The van der Waals surface area contributed by atoms with Crippen LogP contribution in [0.3, 0.4) is 0 Å². The van der Waals surface area contributed by atoms with Crippen molar-refractivity contribution in [1.29, 1.82) is 0 Å². The Hall–Kier alpha value is -4.88. The Morgan fingerprint density at radius 1 is 0.816 bits per heavy atom. The van der Waals surface area contributed by atoms with Gasteiger partial charge < -0.3 is 21.3 Å². The van der Waals surface area contributed by atoms with Gasteiger partial charge in [0.15, 0.2) is 16.1 Å². The number of aromatic nitrogens is 4. The number of thiazole rings is 1. The molecule has 6 rings (SSSR count). The molecule has 1 atom stereocenters. The van der Waals surface area contributed by atoms with E-state index in [1.54, 1.807) is 35.8 Å². The van der Waals surface area contributed by atoms with Crippen LogP contribution < -0.4 is 26.0 Å². The SMILES string of the molecule is Cc1cccc(CNc2nc(NCc3ccccc3)nc(NCC3CCCCC3)n2)c1C.O=CNc1ccc(S(=O)Nc2nccs2)cc1. The molecule has 1 amide bonds. The van der Waals surface area contributed by atoms with Gasteiger partial charge in [0.05, 0.1) is 4.90 Å². The summed E-state index contributed by atoms with van der Waals surface area (Å²) in [5.74, 6) is 2.50. The van der Waals surface area contributed by atoms with E-state index >= 15 is 0 Å². The first-order valence-electron chi connectivity index (χ1n) is 16.4. The summed E-state index contributed by atoms with van der Waals surface area (Å²) in [6.07, 6.45) is 8.83. The fourth-order valence-electron chi connectivity index (χ4n) is 5.35. The molecule has 5 aromatic rings. The zero-order chi connectivity index (χ0) is 34.3. The molecule has 1 aliphatic rings. The predicted molar refractivity (Wildman–Crippen MR) is 200 cm³/mol. The van der Waals surface area contributed by atoms with E-state index in [0.29, 0.717) is 59.0 Å². The standard InChI is InChI=1S/C26H34N6.C10H9N3O2S2/c1-19-10-9-15-23(20(19)2)18-29-26-31-24(27-16-21-11-5-3-6-12-21)30-25(32-26)28-17-22-13-7-4-8-14-22;14-7-12-8-1-3-9(4-2-8)17(15)13-10-11-5-6-16-10/h3,5-6,9-12,15,22H,4,7-8,13-14,16-18H2,1-2H3,(H3,27,28,29,30,31,32);1-7H,(H,11,13)(H,12,14). The third kappa shape index (κ3) is 11.4. The molecule has 0 radical (unpaired) electrons. The summed E-state index contributed by atoms with van der Waals surface area (Å²) in [7, 11) is -1.34. The van der Waals surface area contributed by atoms with Gasteiger partial charge in [-0.15, -0.1) is 11.3 Å². The van der Waals surface area contributed by atoms with Crippen molar-refractivity contribution in [3.63, 3.8) is 0 Å². The summed E-state index contributed by atoms with van der Waals surface area (Å²) in [6, 6.07) is 23.4. The van der Waals surface area contributed by atoms with Crippen molar-refractivity contribution in [1.82, 2.24) is 19.9 Å². The number of nitrogens with one attached hydrogen (secondary N) is 5. The Morgan fingerprint density at radius 2 is 1.51 bits per heavy atom. The fourth-order valence-corrected chi connectivity index (χ4v) is 6.85. The molecule has 2 heterocycles. The molecule has 11 nitrogen and oxygen atoms in total. The van der Waals surface area contributed by atoms with Gasteiger partial charge in [0.1, 0.15) is 0 Å². The smallest absolute Gasteiger partial charge is 0.229 e. The Bertz CT molecular complexity index is 1770. The first kappa shape index (κ1) is 35.4. The van der Waals surface area contributed by atoms with E-state index in [9.17, 15) is 9.00 Å². The summed E-state index contributed by atoms with van der Waals surface area (Å²) in [5.41, 5.74) is 5.69. The highest BCUT2D eigenvalue weighted by atomic mass is 32.2. The summed E-state index contributed by atoms with van der Waals surface area (Å²) >= 11 is 1.38. The van der Waals surface area contributed by atoms with Crippen molar-refractivity contribution < 1.29 is 9.00 Å². The molecule has 256 valence electrons. The molecular weight excluding hydrogens is 655 g/mol. The summed E-state index contributed by atoms with van der Waals surface area (Å²) in [4.78, 5) is 28.7. The van der Waals surface area contributed by atoms with E-state index < -0.39 is 11.0 Å². The number of amides is 1. The second-order valence-electron chi connectivity index (χ2n) is 11.7. The zero-order valence-corrected chi connectivity index (χ0v) is 29.4. The van der Waals surface area contributed by atoms with Crippen LogP contribution in [0.4, 0.5) is 28.7 Å². The molecule has 0 saturated heterocycles. The zero-order valence-electron chi connectivity index (χ0n) is 27.8. The maximum absolute atomic E-state index is 11.9. The van der Waals surface area contributed by atoms with Crippen molar-refractivity contribution in [2.24, 2.45) is 5.92 Å². The van der Waals surface area contributed by atoms with Crippen LogP contribution >= 0.6 is 11.3 Å². The third-order valence-electron chi connectivity index (χ3n) is 8.26. The van der Waals surface area contributed by atoms with Crippen LogP contribution in [0.5, 0.6) is 0 Å². The van der Waals surface area contributed by atoms with Crippen LogP contribution in [0.25, 0.3) is 0 Å². The average molecular weight is 698 g/mol. The molecular formula is C36H43N9O2S2. The maximum Gasteiger partial charge on any atom is 0.229 e. The Balaban J connectivity index is 0.000000232. The minimum Gasteiger partial charge on any atom is -0.354 e. The normalized spacial score (nSPS) is 13.3. The molecule has 0 bridgehead atoms. The van der Waals surface area contributed by atoms with E-state index in [0.717, 1.165) is 6.54 Å². The predicted octanol–water partition coefficient (Wildman–Crippen LogP) is 7.55. The Kier molecular flexibility index (Phi) is 13.5. The van der Waals surface area contributed by atoms with E-state index in [1.165, 1.54) is 65.7 Å². The number of aryl methyl sites for hydroxylation is 1. The van der Waals surface area contributed by atoms with Gasteiger partial charge in [-0.3, -0.25) is 9.52 Å². The second kappa shape index (κ2) is 18.6. The number of hydrogen-bond donors (Lipinski definition) is 5. The first-order valence-corrected chi connectivity index (χ1v) is 18.4. The number of hydrogen-bond acceptors (Lipinski definition) is 10. The molecule has 1 unspecified atom stereocenters. The topological polar surface area (TPSA) is 146 Å². The molecule has 1 aliphatic carbocycles. The van der Waals surface area contributed by atoms with Gasteiger partial charge in [0.25, 0.3) is 0 Å². The van der Waals surface area contributed by atoms with Crippen molar-refractivity contribution in [3.8, 4) is 0 Å². The van der Waals surface area contributed by atoms with Crippen LogP contribution in [0.2, 0.25) is 0 Å². The summed E-state index contributed by atoms with van der Waals surface area (Å²) in [5, 5.41) is 15.2. The highest BCUT2D eigenvalue weighted by Gasteiger charge is 2.15. The Labute approximate surface area is 294 Å². The summed E-state index contributed by atoms with van der Waals surface area (Å²) in [6.45, 7) is 6.56. The van der Waals surface area contributed by atoms with Crippen LogP contribution in [-0.4, -0.2) is 37.1 Å². The third-order valence-corrected chi connectivity index (χ3v) is 10.2. The molecule has 0 aliphatic heterocycles. The van der Waals surface area contributed by atoms with Gasteiger partial charge in [-0.1, -0.05) is 67.8 Å². The average Bonchev–Trinajstić information content (AvgIpc) is 3.65. The number of nitrogens with zero attached hydrogens (tertiary/aromatic N) is 4. The highest BCUT2D eigenvalue weighted by molar-refractivity contribution is 7.86.